The van der Waals surface area contributed by atoms with E-state index in [0.717, 1.165) is 18.2 Å². The smallest absolute Gasteiger partial charge is 0.305 e. The fourth-order valence-corrected chi connectivity index (χ4v) is 4.24. The Bertz CT molecular complexity index is 333. The van der Waals surface area contributed by atoms with E-state index >= 15 is 0 Å². The number of esters is 1. The fourth-order valence-electron chi connectivity index (χ4n) is 3.84. The summed E-state index contributed by atoms with van der Waals surface area (Å²) in [5, 5.41) is 1.16. The lowest BCUT2D eigenvalue weighted by atomic mass is 10.0. The Kier molecular flexibility index (Phi) is 24.2. The van der Waals surface area contributed by atoms with Gasteiger partial charge in [0.25, 0.3) is 0 Å². The molecule has 0 aliphatic carbocycles. The van der Waals surface area contributed by atoms with Gasteiger partial charge in [0.1, 0.15) is 0 Å². The van der Waals surface area contributed by atoms with Crippen molar-refractivity contribution >= 4 is 21.9 Å². The molecular formula is C26H51BrO2. The molecule has 0 aromatic carbocycles. The number of rotatable bonds is 23. The van der Waals surface area contributed by atoms with Crippen molar-refractivity contribution in [2.45, 2.75) is 142 Å². The molecule has 0 saturated carbocycles. The third kappa shape index (κ3) is 22.5. The lowest BCUT2D eigenvalue weighted by molar-refractivity contribution is -0.145. The molecule has 0 N–H and O–H groups in total. The maximum Gasteiger partial charge on any atom is 0.305 e. The van der Waals surface area contributed by atoms with E-state index in [2.05, 4.69) is 29.8 Å². The lowest BCUT2D eigenvalue weighted by Gasteiger charge is -2.14. The van der Waals surface area contributed by atoms with Crippen molar-refractivity contribution in [2.75, 3.05) is 11.9 Å². The quantitative estimate of drug-likeness (QED) is 0.0836. The molecule has 2 nitrogen and oxygen atoms in total. The van der Waals surface area contributed by atoms with Crippen molar-refractivity contribution < 1.29 is 9.53 Å². The number of carbonyl (C=O) groups excluding carboxylic acids is 1. The number of hydrogen-bond donors (Lipinski definition) is 0. The first kappa shape index (κ1) is 28.9. The monoisotopic (exact) mass is 474 g/mol. The molecular weight excluding hydrogens is 424 g/mol. The van der Waals surface area contributed by atoms with Gasteiger partial charge in [0.15, 0.2) is 0 Å². The molecule has 0 aromatic heterocycles. The summed E-state index contributed by atoms with van der Waals surface area (Å²) < 4.78 is 5.48. The lowest BCUT2D eigenvalue weighted by Crippen LogP contribution is -2.13. The number of halogens is 1. The van der Waals surface area contributed by atoms with Crippen molar-refractivity contribution in [1.29, 1.82) is 0 Å². The van der Waals surface area contributed by atoms with Gasteiger partial charge < -0.3 is 4.74 Å². The first-order valence-electron chi connectivity index (χ1n) is 13.0. The van der Waals surface area contributed by atoms with Gasteiger partial charge in [-0.15, -0.1) is 0 Å². The van der Waals surface area contributed by atoms with Gasteiger partial charge in [-0.25, -0.2) is 0 Å². The van der Waals surface area contributed by atoms with Gasteiger partial charge in [-0.05, 0) is 25.2 Å². The van der Waals surface area contributed by atoms with Crippen LogP contribution in [-0.2, 0) is 9.53 Å². The van der Waals surface area contributed by atoms with Crippen LogP contribution in [0, 0.1) is 5.92 Å². The summed E-state index contributed by atoms with van der Waals surface area (Å²) in [6.07, 6.45) is 25.6. The van der Waals surface area contributed by atoms with Gasteiger partial charge in [0.2, 0.25) is 0 Å². The summed E-state index contributed by atoms with van der Waals surface area (Å²) in [5.41, 5.74) is 0. The van der Waals surface area contributed by atoms with Crippen LogP contribution in [0.5, 0.6) is 0 Å². The van der Waals surface area contributed by atoms with E-state index in [-0.39, 0.29) is 5.97 Å². The van der Waals surface area contributed by atoms with Gasteiger partial charge >= 0.3 is 5.97 Å². The average Bonchev–Trinajstić information content (AvgIpc) is 2.73. The summed E-state index contributed by atoms with van der Waals surface area (Å²) in [6.45, 7) is 5.05. The van der Waals surface area contributed by atoms with Crippen LogP contribution in [0.2, 0.25) is 0 Å². The molecule has 0 saturated heterocycles. The van der Waals surface area contributed by atoms with Crippen LogP contribution in [0.15, 0.2) is 0 Å². The number of carbonyl (C=O) groups is 1. The highest BCUT2D eigenvalue weighted by Crippen LogP contribution is 2.15. The first-order valence-corrected chi connectivity index (χ1v) is 14.1. The standard InChI is InChI=1S/C26H51BrO2/c1-3-5-21-25(4-2)24-29-26(28)22-19-17-15-13-11-9-7-6-8-10-12-14-16-18-20-23-27/h25H,3-24H2,1-2H3. The van der Waals surface area contributed by atoms with Crippen molar-refractivity contribution in [3.63, 3.8) is 0 Å². The van der Waals surface area contributed by atoms with Crippen LogP contribution in [0.3, 0.4) is 0 Å². The molecule has 1 unspecified atom stereocenters. The molecule has 29 heavy (non-hydrogen) atoms. The predicted molar refractivity (Wildman–Crippen MR) is 132 cm³/mol. The Morgan fingerprint density at radius 3 is 1.55 bits per heavy atom. The maximum absolute atomic E-state index is 11.9. The number of ether oxygens (including phenoxy) is 1. The van der Waals surface area contributed by atoms with E-state index in [4.69, 9.17) is 4.74 Å². The molecule has 0 aliphatic rings. The van der Waals surface area contributed by atoms with E-state index in [1.165, 1.54) is 109 Å². The Hall–Kier alpha value is -0.0500. The molecule has 0 rings (SSSR count). The Morgan fingerprint density at radius 2 is 1.14 bits per heavy atom. The molecule has 0 bridgehead atoms. The minimum Gasteiger partial charge on any atom is -0.465 e. The molecule has 3 heteroatoms. The minimum absolute atomic E-state index is 0.0167. The second kappa shape index (κ2) is 24.2. The van der Waals surface area contributed by atoms with Gasteiger partial charge in [-0.3, -0.25) is 4.79 Å². The summed E-state index contributed by atoms with van der Waals surface area (Å²) >= 11 is 3.50. The van der Waals surface area contributed by atoms with Crippen molar-refractivity contribution in [3.05, 3.63) is 0 Å². The molecule has 0 spiro atoms. The van der Waals surface area contributed by atoms with E-state index in [0.29, 0.717) is 18.9 Å². The number of unbranched alkanes of at least 4 members (excludes halogenated alkanes) is 15. The van der Waals surface area contributed by atoms with Crippen molar-refractivity contribution in [1.82, 2.24) is 0 Å². The van der Waals surface area contributed by atoms with Gasteiger partial charge in [0.05, 0.1) is 6.61 Å². The Balaban J connectivity index is 3.25. The largest absolute Gasteiger partial charge is 0.465 e. The average molecular weight is 476 g/mol. The molecule has 0 aromatic rings. The Labute approximate surface area is 191 Å². The molecule has 1 atom stereocenters. The SMILES string of the molecule is CCCCC(CC)COC(=O)CCCCCCCCCCCCCCCCCBr. The summed E-state index contributed by atoms with van der Waals surface area (Å²) in [5.74, 6) is 0.575. The van der Waals surface area contributed by atoms with Crippen LogP contribution >= 0.6 is 15.9 Å². The topological polar surface area (TPSA) is 26.3 Å². The highest BCUT2D eigenvalue weighted by atomic mass is 79.9. The normalized spacial score (nSPS) is 12.2. The molecule has 174 valence electrons. The molecule has 0 radical (unpaired) electrons. The van der Waals surface area contributed by atoms with Gasteiger partial charge in [-0.1, -0.05) is 133 Å². The summed E-state index contributed by atoms with van der Waals surface area (Å²) in [7, 11) is 0. The third-order valence-electron chi connectivity index (χ3n) is 6.04. The third-order valence-corrected chi connectivity index (χ3v) is 6.60. The van der Waals surface area contributed by atoms with E-state index in [1.54, 1.807) is 0 Å². The fraction of sp³-hybridized carbons (Fsp3) is 0.962. The minimum atomic E-state index is 0.0167. The number of alkyl halides is 1. The Morgan fingerprint density at radius 1 is 0.690 bits per heavy atom. The van der Waals surface area contributed by atoms with Gasteiger partial charge in [-0.2, -0.15) is 0 Å². The second-order valence-electron chi connectivity index (χ2n) is 8.84. The highest BCUT2D eigenvalue weighted by molar-refractivity contribution is 9.09. The maximum atomic E-state index is 11.9. The van der Waals surface area contributed by atoms with Crippen LogP contribution in [0.25, 0.3) is 0 Å². The molecule has 0 amide bonds. The zero-order valence-corrected chi connectivity index (χ0v) is 21.4. The van der Waals surface area contributed by atoms with Crippen LogP contribution < -0.4 is 0 Å². The van der Waals surface area contributed by atoms with E-state index < -0.39 is 0 Å². The predicted octanol–water partition coefficient (Wildman–Crippen LogP) is 9.38. The van der Waals surface area contributed by atoms with Crippen molar-refractivity contribution in [3.8, 4) is 0 Å². The summed E-state index contributed by atoms with van der Waals surface area (Å²) in [4.78, 5) is 11.9. The zero-order valence-electron chi connectivity index (χ0n) is 19.8. The number of hydrogen-bond acceptors (Lipinski definition) is 2. The van der Waals surface area contributed by atoms with Crippen LogP contribution in [0.1, 0.15) is 142 Å². The first-order chi connectivity index (χ1) is 14.2. The van der Waals surface area contributed by atoms with E-state index in [1.807, 2.05) is 0 Å². The molecule has 0 heterocycles. The van der Waals surface area contributed by atoms with Crippen LogP contribution in [0.4, 0.5) is 0 Å². The van der Waals surface area contributed by atoms with E-state index in [9.17, 15) is 4.79 Å². The van der Waals surface area contributed by atoms with Crippen LogP contribution in [-0.4, -0.2) is 17.9 Å². The highest BCUT2D eigenvalue weighted by Gasteiger charge is 2.09. The summed E-state index contributed by atoms with van der Waals surface area (Å²) in [6, 6.07) is 0. The zero-order chi connectivity index (χ0) is 21.4. The molecule has 0 fully saturated rings. The molecule has 0 aliphatic heterocycles. The van der Waals surface area contributed by atoms with Crippen molar-refractivity contribution in [2.24, 2.45) is 5.92 Å². The van der Waals surface area contributed by atoms with Gasteiger partial charge in [0, 0.05) is 11.8 Å². The second-order valence-corrected chi connectivity index (χ2v) is 9.63.